The van der Waals surface area contributed by atoms with Crippen molar-refractivity contribution in [3.63, 3.8) is 0 Å². The van der Waals surface area contributed by atoms with Gasteiger partial charge in [0.05, 0.1) is 12.5 Å². The normalized spacial score (nSPS) is 12.4. The SMILES string of the molecule is CCOC(=O)C(C)c1ccc(OS(=O)(=O)c2ccccc2)cc1. The fourth-order valence-electron chi connectivity index (χ4n) is 1.98. The molecular formula is C17H18O5S. The maximum absolute atomic E-state index is 12.1. The summed E-state index contributed by atoms with van der Waals surface area (Å²) in [6.45, 7) is 3.80. The molecule has 2 rings (SSSR count). The van der Waals surface area contributed by atoms with Crippen LogP contribution in [0.2, 0.25) is 0 Å². The van der Waals surface area contributed by atoms with Crippen molar-refractivity contribution in [3.8, 4) is 5.75 Å². The molecule has 0 aliphatic carbocycles. The maximum Gasteiger partial charge on any atom is 0.339 e. The molecule has 6 heteroatoms. The highest BCUT2D eigenvalue weighted by Gasteiger charge is 2.18. The summed E-state index contributed by atoms with van der Waals surface area (Å²) < 4.78 is 34.3. The Hall–Kier alpha value is -2.34. The van der Waals surface area contributed by atoms with Crippen molar-refractivity contribution in [2.75, 3.05) is 6.61 Å². The molecule has 0 bridgehead atoms. The predicted octanol–water partition coefficient (Wildman–Crippen LogP) is 3.12. The third kappa shape index (κ3) is 4.32. The first kappa shape index (κ1) is 17.0. The van der Waals surface area contributed by atoms with Gasteiger partial charge in [-0.15, -0.1) is 0 Å². The lowest BCUT2D eigenvalue weighted by molar-refractivity contribution is -0.144. The Morgan fingerprint density at radius 2 is 1.65 bits per heavy atom. The minimum Gasteiger partial charge on any atom is -0.466 e. The summed E-state index contributed by atoms with van der Waals surface area (Å²) in [5.41, 5.74) is 0.730. The molecule has 2 aromatic carbocycles. The first-order chi connectivity index (χ1) is 10.9. The van der Waals surface area contributed by atoms with Crippen molar-refractivity contribution in [2.45, 2.75) is 24.7 Å². The summed E-state index contributed by atoms with van der Waals surface area (Å²) in [5.74, 6) is -0.554. The van der Waals surface area contributed by atoms with Gasteiger partial charge in [-0.05, 0) is 43.7 Å². The van der Waals surface area contributed by atoms with Crippen LogP contribution in [0.15, 0.2) is 59.5 Å². The number of hydrogen-bond donors (Lipinski definition) is 0. The lowest BCUT2D eigenvalue weighted by Gasteiger charge is -2.12. The van der Waals surface area contributed by atoms with Gasteiger partial charge >= 0.3 is 16.1 Å². The van der Waals surface area contributed by atoms with Crippen molar-refractivity contribution >= 4 is 16.1 Å². The fourth-order valence-corrected chi connectivity index (χ4v) is 2.93. The van der Waals surface area contributed by atoms with E-state index in [0.29, 0.717) is 6.61 Å². The van der Waals surface area contributed by atoms with Crippen LogP contribution in [0.1, 0.15) is 25.3 Å². The van der Waals surface area contributed by atoms with E-state index in [4.69, 9.17) is 8.92 Å². The third-order valence-electron chi connectivity index (χ3n) is 3.26. The monoisotopic (exact) mass is 334 g/mol. The Bertz CT molecular complexity index is 751. The van der Waals surface area contributed by atoms with Crippen LogP contribution in [-0.2, 0) is 19.6 Å². The second-order valence-electron chi connectivity index (χ2n) is 4.89. The molecule has 2 aromatic rings. The molecule has 0 amide bonds. The van der Waals surface area contributed by atoms with E-state index in [2.05, 4.69) is 0 Å². The van der Waals surface area contributed by atoms with Gasteiger partial charge in [0, 0.05) is 0 Å². The molecule has 0 saturated carbocycles. The molecule has 0 saturated heterocycles. The standard InChI is InChI=1S/C17H18O5S/c1-3-21-17(18)13(2)14-9-11-15(12-10-14)22-23(19,20)16-7-5-4-6-8-16/h4-13H,3H2,1-2H3. The summed E-state index contributed by atoms with van der Waals surface area (Å²) in [4.78, 5) is 11.8. The van der Waals surface area contributed by atoms with Crippen LogP contribution in [0.25, 0.3) is 0 Å². The molecule has 0 radical (unpaired) electrons. The van der Waals surface area contributed by atoms with Crippen molar-refractivity contribution in [1.82, 2.24) is 0 Å². The zero-order valence-corrected chi connectivity index (χ0v) is 13.7. The number of esters is 1. The number of rotatable bonds is 6. The number of benzene rings is 2. The van der Waals surface area contributed by atoms with Crippen LogP contribution >= 0.6 is 0 Å². The van der Waals surface area contributed by atoms with Crippen LogP contribution in [0.3, 0.4) is 0 Å². The molecule has 0 N–H and O–H groups in total. The van der Waals surface area contributed by atoms with Crippen LogP contribution in [0, 0.1) is 0 Å². The molecule has 1 atom stereocenters. The van der Waals surface area contributed by atoms with Crippen molar-refractivity contribution < 1.29 is 22.1 Å². The summed E-state index contributed by atoms with van der Waals surface area (Å²) >= 11 is 0. The molecule has 0 aromatic heterocycles. The van der Waals surface area contributed by atoms with Crippen LogP contribution in [0.5, 0.6) is 5.75 Å². The Labute approximate surface area is 136 Å². The smallest absolute Gasteiger partial charge is 0.339 e. The average molecular weight is 334 g/mol. The molecule has 5 nitrogen and oxygen atoms in total. The van der Waals surface area contributed by atoms with Crippen molar-refractivity contribution in [1.29, 1.82) is 0 Å². The summed E-state index contributed by atoms with van der Waals surface area (Å²) in [5, 5.41) is 0. The van der Waals surface area contributed by atoms with Gasteiger partial charge in [-0.3, -0.25) is 4.79 Å². The Morgan fingerprint density at radius 3 is 2.22 bits per heavy atom. The van der Waals surface area contributed by atoms with Gasteiger partial charge in [0.15, 0.2) is 0 Å². The largest absolute Gasteiger partial charge is 0.466 e. The van der Waals surface area contributed by atoms with Crippen LogP contribution in [-0.4, -0.2) is 21.0 Å². The Kier molecular flexibility index (Phi) is 5.39. The molecule has 0 spiro atoms. The molecular weight excluding hydrogens is 316 g/mol. The zero-order chi connectivity index (χ0) is 16.9. The Balaban J connectivity index is 2.13. The molecule has 122 valence electrons. The molecule has 23 heavy (non-hydrogen) atoms. The molecule has 1 unspecified atom stereocenters. The van der Waals surface area contributed by atoms with Gasteiger partial charge in [-0.25, -0.2) is 0 Å². The van der Waals surface area contributed by atoms with Gasteiger partial charge in [0.25, 0.3) is 0 Å². The highest BCUT2D eigenvalue weighted by Crippen LogP contribution is 2.23. The van der Waals surface area contributed by atoms with E-state index in [1.807, 2.05) is 0 Å². The quantitative estimate of drug-likeness (QED) is 0.600. The van der Waals surface area contributed by atoms with Crippen molar-refractivity contribution in [2.24, 2.45) is 0 Å². The number of carbonyl (C=O) groups excluding carboxylic acids is 1. The summed E-state index contributed by atoms with van der Waals surface area (Å²) in [6, 6.07) is 14.2. The van der Waals surface area contributed by atoms with Gasteiger partial charge in [0.1, 0.15) is 10.6 Å². The highest BCUT2D eigenvalue weighted by molar-refractivity contribution is 7.87. The predicted molar refractivity (Wildman–Crippen MR) is 85.7 cm³/mol. The van der Waals surface area contributed by atoms with Gasteiger partial charge in [0.2, 0.25) is 0 Å². The first-order valence-corrected chi connectivity index (χ1v) is 8.61. The maximum atomic E-state index is 12.1. The highest BCUT2D eigenvalue weighted by atomic mass is 32.2. The van der Waals surface area contributed by atoms with E-state index in [-0.39, 0.29) is 16.6 Å². The van der Waals surface area contributed by atoms with Gasteiger partial charge in [-0.1, -0.05) is 30.3 Å². The van der Waals surface area contributed by atoms with Crippen LogP contribution in [0.4, 0.5) is 0 Å². The molecule has 0 heterocycles. The minimum atomic E-state index is -3.86. The van der Waals surface area contributed by atoms with E-state index >= 15 is 0 Å². The second kappa shape index (κ2) is 7.28. The topological polar surface area (TPSA) is 69.7 Å². The van der Waals surface area contributed by atoms with Gasteiger partial charge in [-0.2, -0.15) is 8.42 Å². The number of ether oxygens (including phenoxy) is 1. The number of carbonyl (C=O) groups is 1. The third-order valence-corrected chi connectivity index (χ3v) is 4.52. The molecule has 0 fully saturated rings. The second-order valence-corrected chi connectivity index (χ2v) is 6.44. The average Bonchev–Trinajstić information content (AvgIpc) is 2.55. The zero-order valence-electron chi connectivity index (χ0n) is 12.9. The fraction of sp³-hybridized carbons (Fsp3) is 0.235. The van der Waals surface area contributed by atoms with Crippen molar-refractivity contribution in [3.05, 3.63) is 60.2 Å². The van der Waals surface area contributed by atoms with E-state index in [1.165, 1.54) is 24.3 Å². The van der Waals surface area contributed by atoms with Gasteiger partial charge < -0.3 is 8.92 Å². The lowest BCUT2D eigenvalue weighted by atomic mass is 10.0. The van der Waals surface area contributed by atoms with E-state index in [0.717, 1.165) is 5.56 Å². The summed E-state index contributed by atoms with van der Waals surface area (Å²) in [6.07, 6.45) is 0. The lowest BCUT2D eigenvalue weighted by Crippen LogP contribution is -2.13. The molecule has 0 aliphatic rings. The summed E-state index contributed by atoms with van der Waals surface area (Å²) in [7, 11) is -3.86. The van der Waals surface area contributed by atoms with E-state index in [9.17, 15) is 13.2 Å². The Morgan fingerprint density at radius 1 is 1.04 bits per heavy atom. The van der Waals surface area contributed by atoms with E-state index < -0.39 is 16.0 Å². The molecule has 0 aliphatic heterocycles. The van der Waals surface area contributed by atoms with Crippen LogP contribution < -0.4 is 4.18 Å². The first-order valence-electron chi connectivity index (χ1n) is 7.20. The number of hydrogen-bond acceptors (Lipinski definition) is 5. The van der Waals surface area contributed by atoms with E-state index in [1.54, 1.807) is 44.2 Å². The minimum absolute atomic E-state index is 0.0870.